The van der Waals surface area contributed by atoms with Crippen molar-refractivity contribution in [2.45, 2.75) is 36.8 Å². The van der Waals surface area contributed by atoms with E-state index in [1.165, 1.54) is 16.7 Å². The van der Waals surface area contributed by atoms with Gasteiger partial charge in [0.15, 0.2) is 5.16 Å². The lowest BCUT2D eigenvalue weighted by molar-refractivity contribution is -0.137. The minimum absolute atomic E-state index is 0.142. The maximum absolute atomic E-state index is 13.3. The molecule has 3 aromatic rings. The summed E-state index contributed by atoms with van der Waals surface area (Å²) >= 11 is 6.88. The number of aromatic nitrogens is 2. The molecule has 0 saturated carbocycles. The van der Waals surface area contributed by atoms with E-state index in [1.807, 2.05) is 0 Å². The lowest BCUT2D eigenvalue weighted by Gasteiger charge is -2.17. The first kappa shape index (κ1) is 23.6. The highest BCUT2D eigenvalue weighted by Gasteiger charge is 2.34. The number of carbonyl (C=O) groups excluding carboxylic acids is 1. The molecule has 1 unspecified atom stereocenters. The number of hydrogen-bond donors (Lipinski definition) is 1. The molecular formula is C22H19ClF3N3O3S. The smallest absolute Gasteiger partial charge is 0.376 e. The maximum atomic E-state index is 13.3. The van der Waals surface area contributed by atoms with E-state index in [4.69, 9.17) is 16.3 Å². The van der Waals surface area contributed by atoms with Crippen LogP contribution in [-0.4, -0.2) is 33.9 Å². The zero-order chi connectivity index (χ0) is 23.6. The number of benzene rings is 2. The van der Waals surface area contributed by atoms with Crippen molar-refractivity contribution in [1.82, 2.24) is 9.55 Å². The van der Waals surface area contributed by atoms with Gasteiger partial charge in [-0.05, 0) is 37.1 Å². The third kappa shape index (κ3) is 5.34. The van der Waals surface area contributed by atoms with Gasteiger partial charge in [-0.25, -0.2) is 4.98 Å². The summed E-state index contributed by atoms with van der Waals surface area (Å²) in [5.41, 5.74) is -1.32. The molecule has 1 aromatic heterocycles. The molecule has 6 nitrogen and oxygen atoms in total. The molecule has 174 valence electrons. The summed E-state index contributed by atoms with van der Waals surface area (Å²) in [7, 11) is 0. The summed E-state index contributed by atoms with van der Waals surface area (Å²) in [6.45, 7) is 0.897. The van der Waals surface area contributed by atoms with E-state index >= 15 is 0 Å². The number of hydrogen-bond acceptors (Lipinski definition) is 5. The van der Waals surface area contributed by atoms with Crippen LogP contribution in [0.4, 0.5) is 18.9 Å². The van der Waals surface area contributed by atoms with Crippen LogP contribution in [0.25, 0.3) is 10.9 Å². The van der Waals surface area contributed by atoms with Crippen molar-refractivity contribution in [2.24, 2.45) is 0 Å². The van der Waals surface area contributed by atoms with E-state index in [1.54, 1.807) is 24.3 Å². The van der Waals surface area contributed by atoms with Crippen molar-refractivity contribution in [3.63, 3.8) is 0 Å². The Morgan fingerprint density at radius 1 is 1.24 bits per heavy atom. The molecule has 0 radical (unpaired) electrons. The second-order valence-electron chi connectivity index (χ2n) is 7.46. The van der Waals surface area contributed by atoms with Crippen LogP contribution in [-0.2, 0) is 22.3 Å². The fourth-order valence-corrected chi connectivity index (χ4v) is 4.63. The van der Waals surface area contributed by atoms with E-state index in [-0.39, 0.29) is 29.0 Å². The third-order valence-electron chi connectivity index (χ3n) is 5.15. The molecule has 11 heteroatoms. The van der Waals surface area contributed by atoms with Gasteiger partial charge in [0.1, 0.15) is 0 Å². The van der Waals surface area contributed by atoms with Crippen molar-refractivity contribution >= 4 is 45.9 Å². The minimum Gasteiger partial charge on any atom is -0.376 e. The van der Waals surface area contributed by atoms with Crippen LogP contribution in [0.2, 0.25) is 5.02 Å². The van der Waals surface area contributed by atoms with Crippen molar-refractivity contribution in [1.29, 1.82) is 0 Å². The lowest BCUT2D eigenvalue weighted by atomic mass is 10.1. The highest BCUT2D eigenvalue weighted by atomic mass is 35.5. The topological polar surface area (TPSA) is 73.2 Å². The monoisotopic (exact) mass is 497 g/mol. The largest absolute Gasteiger partial charge is 0.418 e. The number of anilines is 1. The quantitative estimate of drug-likeness (QED) is 0.384. The molecule has 1 fully saturated rings. The Morgan fingerprint density at radius 3 is 2.76 bits per heavy atom. The molecule has 0 aliphatic carbocycles. The van der Waals surface area contributed by atoms with Gasteiger partial charge in [-0.3, -0.25) is 14.2 Å². The number of thioether (sulfide) groups is 1. The van der Waals surface area contributed by atoms with E-state index in [0.717, 1.165) is 30.7 Å². The van der Waals surface area contributed by atoms with E-state index < -0.39 is 23.3 Å². The average molecular weight is 498 g/mol. The van der Waals surface area contributed by atoms with E-state index in [9.17, 15) is 22.8 Å². The first-order valence-electron chi connectivity index (χ1n) is 10.1. The van der Waals surface area contributed by atoms with Gasteiger partial charge in [0.05, 0.1) is 45.6 Å². The van der Waals surface area contributed by atoms with Gasteiger partial charge < -0.3 is 10.1 Å². The lowest BCUT2D eigenvalue weighted by Crippen LogP contribution is -2.29. The number of fused-ring (bicyclic) bond motifs is 1. The van der Waals surface area contributed by atoms with Crippen molar-refractivity contribution in [3.8, 4) is 0 Å². The molecule has 1 saturated heterocycles. The van der Waals surface area contributed by atoms with Crippen molar-refractivity contribution < 1.29 is 22.7 Å². The fourth-order valence-electron chi connectivity index (χ4n) is 3.60. The van der Waals surface area contributed by atoms with Crippen LogP contribution >= 0.6 is 23.4 Å². The Bertz CT molecular complexity index is 1240. The molecule has 0 spiro atoms. The normalized spacial score (nSPS) is 16.3. The molecule has 4 rings (SSSR count). The van der Waals surface area contributed by atoms with Gasteiger partial charge in [-0.1, -0.05) is 41.6 Å². The van der Waals surface area contributed by atoms with Crippen LogP contribution in [0.3, 0.4) is 0 Å². The van der Waals surface area contributed by atoms with Gasteiger partial charge >= 0.3 is 6.18 Å². The summed E-state index contributed by atoms with van der Waals surface area (Å²) in [5, 5.41) is 2.76. The van der Waals surface area contributed by atoms with Crippen molar-refractivity contribution in [3.05, 3.63) is 63.4 Å². The molecule has 1 atom stereocenters. The fraction of sp³-hybridized carbons (Fsp3) is 0.318. The molecule has 1 amide bonds. The zero-order valence-electron chi connectivity index (χ0n) is 17.2. The molecule has 1 aliphatic heterocycles. The van der Waals surface area contributed by atoms with Gasteiger partial charge in [0.25, 0.3) is 5.56 Å². The second-order valence-corrected chi connectivity index (χ2v) is 8.81. The number of para-hydroxylation sites is 2. The van der Waals surface area contributed by atoms with Crippen LogP contribution in [0, 0.1) is 0 Å². The predicted octanol–water partition coefficient (Wildman–Crippen LogP) is 4.98. The summed E-state index contributed by atoms with van der Waals surface area (Å²) in [5.74, 6) is -0.969. The van der Waals surface area contributed by atoms with E-state index in [0.29, 0.717) is 22.7 Å². The summed E-state index contributed by atoms with van der Waals surface area (Å²) in [6.07, 6.45) is -3.12. The number of nitrogens with zero attached hydrogens (tertiary/aromatic N) is 2. The highest BCUT2D eigenvalue weighted by Crippen LogP contribution is 2.38. The molecule has 33 heavy (non-hydrogen) atoms. The van der Waals surface area contributed by atoms with Crippen LogP contribution in [0.1, 0.15) is 18.4 Å². The second kappa shape index (κ2) is 9.74. The van der Waals surface area contributed by atoms with E-state index in [2.05, 4.69) is 10.3 Å². The summed E-state index contributed by atoms with van der Waals surface area (Å²) < 4.78 is 47.0. The Labute approximate surface area is 196 Å². The van der Waals surface area contributed by atoms with Crippen LogP contribution in [0.15, 0.2) is 52.4 Å². The summed E-state index contributed by atoms with van der Waals surface area (Å²) in [6, 6.07) is 10.1. The molecule has 1 aliphatic rings. The Morgan fingerprint density at radius 2 is 2.03 bits per heavy atom. The number of rotatable bonds is 6. The Balaban J connectivity index is 1.58. The summed E-state index contributed by atoms with van der Waals surface area (Å²) in [4.78, 5) is 30.1. The first-order valence-corrected chi connectivity index (χ1v) is 11.5. The molecule has 1 N–H and O–H groups in total. The number of nitrogens with one attached hydrogen (secondary N) is 1. The van der Waals surface area contributed by atoms with Gasteiger partial charge in [-0.2, -0.15) is 13.2 Å². The number of halogens is 4. The molecule has 2 aromatic carbocycles. The number of amides is 1. The number of ether oxygens (including phenoxy) is 1. The Hall–Kier alpha value is -2.56. The molecular weight excluding hydrogens is 479 g/mol. The third-order valence-corrected chi connectivity index (χ3v) is 6.44. The SMILES string of the molecule is O=C(CSc1nc2ccccc2c(=O)n1CC1CCCO1)Nc1c(Cl)cccc1C(F)(F)F. The standard InChI is InChI=1S/C22H19ClF3N3O3S/c23-16-8-3-7-15(22(24,25)26)19(16)28-18(30)12-33-21-27-17-9-2-1-6-14(17)20(31)29(21)11-13-5-4-10-32-13/h1-3,6-9,13H,4-5,10-12H2,(H,28,30). The average Bonchev–Trinajstić information content (AvgIpc) is 3.28. The van der Waals surface area contributed by atoms with Crippen molar-refractivity contribution in [2.75, 3.05) is 17.7 Å². The van der Waals surface area contributed by atoms with Gasteiger partial charge in [-0.15, -0.1) is 0 Å². The zero-order valence-corrected chi connectivity index (χ0v) is 18.8. The Kier molecular flexibility index (Phi) is 6.96. The highest BCUT2D eigenvalue weighted by molar-refractivity contribution is 7.99. The molecule has 0 bridgehead atoms. The minimum atomic E-state index is -4.68. The van der Waals surface area contributed by atoms with Crippen LogP contribution < -0.4 is 10.9 Å². The van der Waals surface area contributed by atoms with Crippen LogP contribution in [0.5, 0.6) is 0 Å². The molecule has 2 heterocycles. The first-order chi connectivity index (χ1) is 15.7. The maximum Gasteiger partial charge on any atom is 0.418 e. The van der Waals surface area contributed by atoms with Gasteiger partial charge in [0.2, 0.25) is 5.91 Å². The van der Waals surface area contributed by atoms with Gasteiger partial charge in [0, 0.05) is 6.61 Å². The predicted molar refractivity (Wildman–Crippen MR) is 121 cm³/mol. The number of alkyl halides is 3. The number of carbonyl (C=O) groups is 1.